The summed E-state index contributed by atoms with van der Waals surface area (Å²) in [6.07, 6.45) is -17.5. The maximum atomic E-state index is 12.5. The molecule has 3 aliphatic heterocycles. The molecule has 61 heavy (non-hydrogen) atoms. The van der Waals surface area contributed by atoms with Gasteiger partial charge in [-0.15, -0.1) is 0 Å². The van der Waals surface area contributed by atoms with E-state index in [1.807, 2.05) is 0 Å². The second-order valence-corrected chi connectivity index (χ2v) is 13.9. The summed E-state index contributed by atoms with van der Waals surface area (Å²) in [4.78, 5) is 35.2. The lowest BCUT2D eigenvalue weighted by molar-refractivity contribution is -0.294. The summed E-state index contributed by atoms with van der Waals surface area (Å²) in [6, 6.07) is 9.84. The minimum Gasteiger partial charge on any atom is -0.508 e. The number of rotatable bonds is 13. The highest BCUT2D eigenvalue weighted by atomic mass is 16.7. The number of aromatic hydroxyl groups is 5. The van der Waals surface area contributed by atoms with Crippen LogP contribution in [-0.4, -0.2) is 154 Å². The number of aliphatic hydroxyl groups excluding tert-OH is 6. The van der Waals surface area contributed by atoms with Crippen LogP contribution in [-0.2, 0) is 38.1 Å². The maximum absolute atomic E-state index is 12.5. The summed E-state index contributed by atoms with van der Waals surface area (Å²) >= 11 is 0. The van der Waals surface area contributed by atoms with Crippen LogP contribution in [0, 0.1) is 0 Å². The Morgan fingerprint density at radius 3 is 1.84 bits per heavy atom. The van der Waals surface area contributed by atoms with Crippen LogP contribution in [0.2, 0.25) is 0 Å². The minimum absolute atomic E-state index is 0.00382. The Morgan fingerprint density at radius 2 is 1.25 bits per heavy atom. The maximum Gasteiger partial charge on any atom is 0.330 e. The number of carboxylic acid groups (broad SMARTS) is 1. The molecule has 3 aromatic carbocycles. The first-order valence-electron chi connectivity index (χ1n) is 18.1. The lowest BCUT2D eigenvalue weighted by atomic mass is 9.98. The van der Waals surface area contributed by atoms with E-state index in [1.165, 1.54) is 36.4 Å². The van der Waals surface area contributed by atoms with Gasteiger partial charge in [0.1, 0.15) is 97.2 Å². The fourth-order valence-corrected chi connectivity index (χ4v) is 6.31. The molecule has 3 heterocycles. The molecule has 0 saturated carbocycles. The smallest absolute Gasteiger partial charge is 0.330 e. The topological polar surface area (TPSA) is 359 Å². The summed E-state index contributed by atoms with van der Waals surface area (Å²) in [5.74, 6) is -7.60. The van der Waals surface area contributed by atoms with Crippen LogP contribution in [0.25, 0.3) is 12.2 Å². The summed E-state index contributed by atoms with van der Waals surface area (Å²) < 4.78 is 39.2. The fraction of sp³-hybridized carbons (Fsp3) is 0.359. The SMILES string of the molecule is O=C(O)CC(=O)OC[C@@H]1O[C@@H](Oc2cc(O)cc3c2C=C(O[C@@H]2O[C@H](COC(=O)/C=C/c4ccc(O)cc4)[C@@H](O)[C@H](O)[C@@H]2O)C(c2cc(O)c(O)c(O)c2)O3)[C@@H](O)[C@@H](O)[C@@H]1O. The standard InChI is InChI=1S/C39H40O22/c40-17-4-1-15(2-5-17)3-6-28(46)55-13-25-31(49)34(52)36(54)39(61-25)59-24-11-19-22(57-37(24)16-7-20(42)30(48)21(43)8-16)9-18(41)10-23(19)58-38-35(53)33(51)32(50)26(60-38)14-56-29(47)12-27(44)45/h1-11,25-26,31-43,48-54H,12-14H2,(H,44,45)/b6-3+/t25-,26+,31-,32-,33+,34+,35+,36+,37?,38-,39-/m1/s1. The third-order valence-electron chi connectivity index (χ3n) is 9.50. The lowest BCUT2D eigenvalue weighted by Gasteiger charge is -2.41. The Bertz CT molecular complexity index is 2130. The summed E-state index contributed by atoms with van der Waals surface area (Å²) in [5.41, 5.74) is 0.304. The zero-order chi connectivity index (χ0) is 44.3. The second-order valence-electron chi connectivity index (χ2n) is 13.9. The van der Waals surface area contributed by atoms with Crippen molar-refractivity contribution in [3.05, 3.63) is 77.1 Å². The van der Waals surface area contributed by atoms with Crippen molar-refractivity contribution in [3.8, 4) is 40.2 Å². The molecule has 0 aromatic heterocycles. The van der Waals surface area contributed by atoms with Crippen molar-refractivity contribution < 1.29 is 109 Å². The molecule has 6 rings (SSSR count). The van der Waals surface area contributed by atoms with Crippen LogP contribution in [0.1, 0.15) is 29.2 Å². The number of carboxylic acids is 1. The lowest BCUT2D eigenvalue weighted by Crippen LogP contribution is -2.60. The van der Waals surface area contributed by atoms with E-state index >= 15 is 0 Å². The molecule has 12 N–H and O–H groups in total. The van der Waals surface area contributed by atoms with E-state index in [0.717, 1.165) is 30.3 Å². The largest absolute Gasteiger partial charge is 0.508 e. The highest BCUT2D eigenvalue weighted by molar-refractivity contribution is 5.90. The van der Waals surface area contributed by atoms with Gasteiger partial charge in [-0.25, -0.2) is 4.79 Å². The van der Waals surface area contributed by atoms with Crippen molar-refractivity contribution in [2.45, 2.75) is 73.9 Å². The number of phenolic OH excluding ortho intramolecular Hbond substituents is 5. The van der Waals surface area contributed by atoms with Crippen LogP contribution >= 0.6 is 0 Å². The van der Waals surface area contributed by atoms with Gasteiger partial charge in [-0.3, -0.25) is 9.59 Å². The molecule has 0 radical (unpaired) electrons. The van der Waals surface area contributed by atoms with Crippen molar-refractivity contribution in [3.63, 3.8) is 0 Å². The number of esters is 2. The molecule has 0 amide bonds. The van der Waals surface area contributed by atoms with Crippen molar-refractivity contribution in [1.29, 1.82) is 0 Å². The summed E-state index contributed by atoms with van der Waals surface area (Å²) in [6.45, 7) is -1.46. The number of carbonyl (C=O) groups excluding carboxylic acids is 2. The Hall–Kier alpha value is -6.37. The van der Waals surface area contributed by atoms with Crippen molar-refractivity contribution >= 4 is 30.1 Å². The molecule has 3 aromatic rings. The first-order valence-corrected chi connectivity index (χ1v) is 18.1. The van der Waals surface area contributed by atoms with Gasteiger partial charge in [0, 0.05) is 23.8 Å². The monoisotopic (exact) mass is 860 g/mol. The summed E-state index contributed by atoms with van der Waals surface area (Å²) in [5, 5.41) is 124. The number of ether oxygens (including phenoxy) is 7. The van der Waals surface area contributed by atoms with E-state index in [9.17, 15) is 70.6 Å². The molecule has 328 valence electrons. The fourth-order valence-electron chi connectivity index (χ4n) is 6.31. The molecule has 3 aliphatic rings. The molecule has 11 atom stereocenters. The van der Waals surface area contributed by atoms with E-state index in [0.29, 0.717) is 5.56 Å². The zero-order valence-electron chi connectivity index (χ0n) is 31.3. The number of carbonyl (C=O) groups is 3. The van der Waals surface area contributed by atoms with Gasteiger partial charge in [-0.2, -0.15) is 0 Å². The average Bonchev–Trinajstić information content (AvgIpc) is 3.21. The van der Waals surface area contributed by atoms with Gasteiger partial charge < -0.3 is 94.4 Å². The van der Waals surface area contributed by atoms with E-state index in [4.69, 9.17) is 38.3 Å². The van der Waals surface area contributed by atoms with Crippen LogP contribution < -0.4 is 9.47 Å². The van der Waals surface area contributed by atoms with E-state index < -0.39 is 128 Å². The Morgan fingerprint density at radius 1 is 0.672 bits per heavy atom. The normalized spacial score (nSPS) is 28.5. The van der Waals surface area contributed by atoms with Crippen molar-refractivity contribution in [1.82, 2.24) is 0 Å². The predicted molar refractivity (Wildman–Crippen MR) is 197 cm³/mol. The third-order valence-corrected chi connectivity index (χ3v) is 9.50. The number of benzene rings is 3. The molecule has 0 spiro atoms. The molecule has 0 aliphatic carbocycles. The molecule has 1 unspecified atom stereocenters. The molecular weight excluding hydrogens is 820 g/mol. The van der Waals surface area contributed by atoms with E-state index in [2.05, 4.69) is 0 Å². The van der Waals surface area contributed by atoms with Gasteiger partial charge in [0.2, 0.25) is 12.6 Å². The Labute approximate surface area is 343 Å². The molecule has 2 saturated heterocycles. The van der Waals surface area contributed by atoms with Gasteiger partial charge in [0.25, 0.3) is 0 Å². The number of fused-ring (bicyclic) bond motifs is 1. The van der Waals surface area contributed by atoms with Crippen LogP contribution in [0.3, 0.4) is 0 Å². The number of aliphatic carboxylic acids is 1. The number of hydrogen-bond acceptors (Lipinski definition) is 21. The zero-order valence-corrected chi connectivity index (χ0v) is 31.3. The van der Waals surface area contributed by atoms with Crippen molar-refractivity contribution in [2.75, 3.05) is 13.2 Å². The van der Waals surface area contributed by atoms with Crippen molar-refractivity contribution in [2.24, 2.45) is 0 Å². The average molecular weight is 861 g/mol. The van der Waals surface area contributed by atoms with Gasteiger partial charge >= 0.3 is 17.9 Å². The molecule has 22 heteroatoms. The minimum atomic E-state index is -2.00. The Balaban J connectivity index is 1.28. The molecule has 22 nitrogen and oxygen atoms in total. The molecule has 2 fully saturated rings. The number of hydrogen-bond donors (Lipinski definition) is 12. The second kappa shape index (κ2) is 18.5. The molecule has 0 bridgehead atoms. The molecular formula is C39H40O22. The number of phenols is 5. The predicted octanol–water partition coefficient (Wildman–Crippen LogP) is -1.03. The van der Waals surface area contributed by atoms with Gasteiger partial charge in [-0.1, -0.05) is 12.1 Å². The summed E-state index contributed by atoms with van der Waals surface area (Å²) in [7, 11) is 0. The quantitative estimate of drug-likeness (QED) is 0.0423. The van der Waals surface area contributed by atoms with E-state index in [-0.39, 0.29) is 34.1 Å². The number of aliphatic hydroxyl groups is 6. The Kier molecular flexibility index (Phi) is 13.4. The first-order chi connectivity index (χ1) is 28.9. The van der Waals surface area contributed by atoms with Gasteiger partial charge in [0.05, 0.1) is 5.56 Å². The van der Waals surface area contributed by atoms with Crippen LogP contribution in [0.5, 0.6) is 40.2 Å². The third kappa shape index (κ3) is 10.2. The van der Waals surface area contributed by atoms with Crippen LogP contribution in [0.15, 0.2) is 60.4 Å². The van der Waals surface area contributed by atoms with Gasteiger partial charge in [0.15, 0.2) is 23.4 Å². The highest BCUT2D eigenvalue weighted by Crippen LogP contribution is 2.48. The van der Waals surface area contributed by atoms with Crippen LogP contribution in [0.4, 0.5) is 0 Å². The highest BCUT2D eigenvalue weighted by Gasteiger charge is 2.48. The first kappa shape index (κ1) is 44.2. The van der Waals surface area contributed by atoms with E-state index in [1.54, 1.807) is 0 Å². The van der Waals surface area contributed by atoms with Gasteiger partial charge in [-0.05, 0) is 42.0 Å².